The van der Waals surface area contributed by atoms with Crippen molar-refractivity contribution < 1.29 is 19.1 Å². The van der Waals surface area contributed by atoms with E-state index in [1.165, 1.54) is 4.90 Å². The van der Waals surface area contributed by atoms with E-state index in [-0.39, 0.29) is 24.4 Å². The van der Waals surface area contributed by atoms with Gasteiger partial charge in [-0.3, -0.25) is 14.5 Å². The number of nitrogens with zero attached hydrogens (tertiary/aromatic N) is 1. The van der Waals surface area contributed by atoms with Crippen LogP contribution in [0.5, 0.6) is 0 Å². The van der Waals surface area contributed by atoms with Crippen LogP contribution in [0.4, 0.5) is 10.5 Å². The van der Waals surface area contributed by atoms with Crippen molar-refractivity contribution in [3.05, 3.63) is 100 Å². The summed E-state index contributed by atoms with van der Waals surface area (Å²) < 4.78 is 5.76. The lowest BCUT2D eigenvalue weighted by molar-refractivity contribution is -0.127. The third kappa shape index (κ3) is 6.30. The summed E-state index contributed by atoms with van der Waals surface area (Å²) in [6.07, 6.45) is -0.658. The Morgan fingerprint density at radius 3 is 2.49 bits per heavy atom. The number of carbonyl (C=O) groups excluding carboxylic acids is 3. The first-order valence-electron chi connectivity index (χ1n) is 12.2. The van der Waals surface area contributed by atoms with Crippen LogP contribution in [-0.2, 0) is 16.1 Å². The quantitative estimate of drug-likeness (QED) is 0.389. The van der Waals surface area contributed by atoms with Crippen LogP contribution in [0, 0.1) is 6.92 Å². The van der Waals surface area contributed by atoms with Gasteiger partial charge in [0.2, 0.25) is 5.91 Å². The number of rotatable bonds is 8. The largest absolute Gasteiger partial charge is 0.438 e. The monoisotopic (exact) mass is 519 g/mol. The van der Waals surface area contributed by atoms with Gasteiger partial charge in [0, 0.05) is 22.3 Å². The number of anilines is 1. The maximum absolute atomic E-state index is 13.4. The van der Waals surface area contributed by atoms with Gasteiger partial charge in [-0.15, -0.1) is 0 Å². The van der Waals surface area contributed by atoms with E-state index in [4.69, 9.17) is 16.3 Å². The number of carbonyl (C=O) groups is 3. The van der Waals surface area contributed by atoms with Crippen LogP contribution < -0.4 is 10.6 Å². The van der Waals surface area contributed by atoms with Gasteiger partial charge in [-0.2, -0.15) is 0 Å². The molecule has 0 aromatic heterocycles. The Hall–Kier alpha value is -3.84. The smallest absolute Gasteiger partial charge is 0.411 e. The zero-order valence-electron chi connectivity index (χ0n) is 21.0. The van der Waals surface area contributed by atoms with Gasteiger partial charge in [-0.1, -0.05) is 66.6 Å². The van der Waals surface area contributed by atoms with Crippen molar-refractivity contribution in [2.24, 2.45) is 0 Å². The SMILES string of the molecule is CCC(C)NC(=O)C1C(c2cccc(NC(=O)c3cccc(Cl)c3)c2)OC(=O)N1Cc1ccc(C)cc1. The van der Waals surface area contributed by atoms with Gasteiger partial charge in [0.25, 0.3) is 5.91 Å². The standard InChI is InChI=1S/C29H30ClN3O4/c1-4-19(3)31-28(35)25-26(37-29(36)33(25)17-20-13-11-18(2)12-14-20)21-7-6-10-24(16-21)32-27(34)22-8-5-9-23(30)15-22/h5-16,19,25-26H,4,17H2,1-3H3,(H,31,35)(H,32,34). The lowest BCUT2D eigenvalue weighted by Crippen LogP contribution is -2.48. The highest BCUT2D eigenvalue weighted by Gasteiger charge is 2.47. The van der Waals surface area contributed by atoms with Crippen LogP contribution in [0.2, 0.25) is 5.02 Å². The van der Waals surface area contributed by atoms with E-state index in [9.17, 15) is 14.4 Å². The summed E-state index contributed by atoms with van der Waals surface area (Å²) in [6, 6.07) is 20.5. The fourth-order valence-corrected chi connectivity index (χ4v) is 4.35. The van der Waals surface area contributed by atoms with Gasteiger partial charge < -0.3 is 15.4 Å². The third-order valence-electron chi connectivity index (χ3n) is 6.39. The molecule has 0 bridgehead atoms. The van der Waals surface area contributed by atoms with Crippen molar-refractivity contribution in [3.8, 4) is 0 Å². The van der Waals surface area contributed by atoms with Crippen molar-refractivity contribution in [2.45, 2.75) is 51.9 Å². The Bertz CT molecular complexity index is 1290. The molecule has 3 atom stereocenters. The summed E-state index contributed by atoms with van der Waals surface area (Å²) in [7, 11) is 0. The molecule has 37 heavy (non-hydrogen) atoms. The first-order chi connectivity index (χ1) is 17.7. The molecule has 3 aromatic carbocycles. The van der Waals surface area contributed by atoms with Crippen molar-refractivity contribution in [3.63, 3.8) is 0 Å². The third-order valence-corrected chi connectivity index (χ3v) is 6.62. The van der Waals surface area contributed by atoms with Crippen molar-refractivity contribution >= 4 is 35.2 Å². The summed E-state index contributed by atoms with van der Waals surface area (Å²) in [5.41, 5.74) is 3.53. The highest BCUT2D eigenvalue weighted by atomic mass is 35.5. The van der Waals surface area contributed by atoms with Crippen molar-refractivity contribution in [1.29, 1.82) is 0 Å². The molecule has 1 aliphatic heterocycles. The molecule has 3 aromatic rings. The fraction of sp³-hybridized carbons (Fsp3) is 0.276. The summed E-state index contributed by atoms with van der Waals surface area (Å²) in [4.78, 5) is 40.6. The highest BCUT2D eigenvalue weighted by molar-refractivity contribution is 6.31. The Kier molecular flexibility index (Phi) is 8.14. The second kappa shape index (κ2) is 11.5. The number of cyclic esters (lactones) is 1. The molecule has 4 rings (SSSR count). The molecule has 0 spiro atoms. The average molecular weight is 520 g/mol. The lowest BCUT2D eigenvalue weighted by Gasteiger charge is -2.26. The van der Waals surface area contributed by atoms with E-state index >= 15 is 0 Å². The lowest BCUT2D eigenvalue weighted by atomic mass is 9.99. The summed E-state index contributed by atoms with van der Waals surface area (Å²) >= 11 is 6.02. The highest BCUT2D eigenvalue weighted by Crippen LogP contribution is 2.35. The number of hydrogen-bond donors (Lipinski definition) is 2. The summed E-state index contributed by atoms with van der Waals surface area (Å²) in [6.45, 7) is 6.12. The minimum absolute atomic E-state index is 0.0617. The number of aryl methyl sites for hydroxylation is 1. The molecule has 1 fully saturated rings. The molecular weight excluding hydrogens is 490 g/mol. The van der Waals surface area contributed by atoms with Crippen molar-refractivity contribution in [2.75, 3.05) is 5.32 Å². The predicted molar refractivity (Wildman–Crippen MR) is 143 cm³/mol. The molecule has 192 valence electrons. The van der Waals surface area contributed by atoms with Crippen LogP contribution in [0.3, 0.4) is 0 Å². The predicted octanol–water partition coefficient (Wildman–Crippen LogP) is 5.88. The molecule has 3 unspecified atom stereocenters. The second-order valence-electron chi connectivity index (χ2n) is 9.27. The molecule has 1 aliphatic rings. The fourth-order valence-electron chi connectivity index (χ4n) is 4.16. The van der Waals surface area contributed by atoms with Crippen LogP contribution in [0.25, 0.3) is 0 Å². The minimum atomic E-state index is -0.873. The zero-order valence-corrected chi connectivity index (χ0v) is 21.8. The maximum Gasteiger partial charge on any atom is 0.411 e. The number of ether oxygens (including phenoxy) is 1. The van der Waals surface area contributed by atoms with Crippen molar-refractivity contribution in [1.82, 2.24) is 10.2 Å². The van der Waals surface area contributed by atoms with Crippen LogP contribution >= 0.6 is 11.6 Å². The molecule has 0 saturated carbocycles. The summed E-state index contributed by atoms with van der Waals surface area (Å²) in [5, 5.41) is 6.31. The number of nitrogens with one attached hydrogen (secondary N) is 2. The van der Waals surface area contributed by atoms with Gasteiger partial charge in [-0.05, 0) is 61.7 Å². The van der Waals surface area contributed by atoms with Crippen LogP contribution in [0.1, 0.15) is 53.4 Å². The van der Waals surface area contributed by atoms with Gasteiger partial charge in [-0.25, -0.2) is 4.79 Å². The molecule has 8 heteroatoms. The Morgan fingerprint density at radius 1 is 1.05 bits per heavy atom. The van der Waals surface area contributed by atoms with Gasteiger partial charge >= 0.3 is 6.09 Å². The molecular formula is C29H30ClN3O4. The first-order valence-corrected chi connectivity index (χ1v) is 12.6. The van der Waals surface area contributed by atoms with Gasteiger partial charge in [0.05, 0.1) is 6.54 Å². The second-order valence-corrected chi connectivity index (χ2v) is 9.71. The summed E-state index contributed by atoms with van der Waals surface area (Å²) in [5.74, 6) is -0.610. The minimum Gasteiger partial charge on any atom is -0.438 e. The van der Waals surface area contributed by atoms with E-state index in [2.05, 4.69) is 10.6 Å². The van der Waals surface area contributed by atoms with Gasteiger partial charge in [0.1, 0.15) is 0 Å². The average Bonchev–Trinajstić information content (AvgIpc) is 3.21. The first kappa shape index (κ1) is 26.2. The van der Waals surface area contributed by atoms with E-state index in [0.717, 1.165) is 17.5 Å². The molecule has 0 aliphatic carbocycles. The number of halogens is 1. The van der Waals surface area contributed by atoms with Crippen LogP contribution in [0.15, 0.2) is 72.8 Å². The molecule has 3 amide bonds. The van der Waals surface area contributed by atoms with Crippen LogP contribution in [-0.4, -0.2) is 34.9 Å². The van der Waals surface area contributed by atoms with E-state index in [1.54, 1.807) is 48.5 Å². The van der Waals surface area contributed by atoms with E-state index in [1.807, 2.05) is 45.0 Å². The molecule has 1 heterocycles. The molecule has 1 saturated heterocycles. The number of benzene rings is 3. The number of amides is 3. The Morgan fingerprint density at radius 2 is 1.78 bits per heavy atom. The Balaban J connectivity index is 1.61. The molecule has 7 nitrogen and oxygen atoms in total. The molecule has 0 radical (unpaired) electrons. The maximum atomic E-state index is 13.4. The van der Waals surface area contributed by atoms with E-state index < -0.39 is 18.2 Å². The normalized spacial score (nSPS) is 17.7. The van der Waals surface area contributed by atoms with Gasteiger partial charge in [0.15, 0.2) is 12.1 Å². The Labute approximate surface area is 221 Å². The van der Waals surface area contributed by atoms with E-state index in [0.29, 0.717) is 21.8 Å². The zero-order chi connectivity index (χ0) is 26.5. The molecule has 2 N–H and O–H groups in total. The topological polar surface area (TPSA) is 87.7 Å². The number of hydrogen-bond acceptors (Lipinski definition) is 4.